The predicted molar refractivity (Wildman–Crippen MR) is 96.5 cm³/mol. The molecule has 0 saturated carbocycles. The van der Waals surface area contributed by atoms with Crippen molar-refractivity contribution in [1.82, 2.24) is 10.3 Å². The third-order valence-corrected chi connectivity index (χ3v) is 5.01. The number of nitrogens with one attached hydrogen (secondary N) is 1. The van der Waals surface area contributed by atoms with E-state index in [0.717, 1.165) is 38.0 Å². The first kappa shape index (κ1) is 16.0. The Kier molecular flexibility index (Phi) is 5.65. The molecule has 2 heterocycles. The minimum absolute atomic E-state index is 0.735. The van der Waals surface area contributed by atoms with Crippen molar-refractivity contribution in [2.75, 3.05) is 24.5 Å². The predicted octanol–water partition coefficient (Wildman–Crippen LogP) is 3.72. The summed E-state index contributed by atoms with van der Waals surface area (Å²) in [7, 11) is 0. The maximum atomic E-state index is 4.11. The molecular formula is C20H27N3. The van der Waals surface area contributed by atoms with Crippen LogP contribution in [0.4, 0.5) is 5.69 Å². The Morgan fingerprint density at radius 3 is 2.48 bits per heavy atom. The van der Waals surface area contributed by atoms with E-state index in [1.54, 1.807) is 0 Å². The van der Waals surface area contributed by atoms with Crippen molar-refractivity contribution in [3.8, 4) is 0 Å². The van der Waals surface area contributed by atoms with Crippen LogP contribution in [-0.4, -0.2) is 24.6 Å². The quantitative estimate of drug-likeness (QED) is 0.881. The summed E-state index contributed by atoms with van der Waals surface area (Å²) in [4.78, 5) is 6.60. The van der Waals surface area contributed by atoms with Crippen molar-refractivity contribution in [1.29, 1.82) is 0 Å². The van der Waals surface area contributed by atoms with E-state index in [0.29, 0.717) is 0 Å². The van der Waals surface area contributed by atoms with Gasteiger partial charge in [-0.1, -0.05) is 37.3 Å². The highest BCUT2D eigenvalue weighted by Crippen LogP contribution is 2.27. The van der Waals surface area contributed by atoms with Crippen molar-refractivity contribution in [3.63, 3.8) is 0 Å². The number of nitrogens with zero attached hydrogens (tertiary/aromatic N) is 2. The highest BCUT2D eigenvalue weighted by Gasteiger charge is 2.23. The summed E-state index contributed by atoms with van der Waals surface area (Å²) < 4.78 is 0. The lowest BCUT2D eigenvalue weighted by Crippen LogP contribution is -2.37. The molecule has 0 spiro atoms. The number of rotatable bonds is 6. The highest BCUT2D eigenvalue weighted by atomic mass is 15.1. The van der Waals surface area contributed by atoms with Gasteiger partial charge in [0.05, 0.1) is 0 Å². The molecule has 23 heavy (non-hydrogen) atoms. The normalized spacial score (nSPS) is 17.2. The van der Waals surface area contributed by atoms with Gasteiger partial charge in [0.2, 0.25) is 0 Å². The molecule has 1 N–H and O–H groups in total. The summed E-state index contributed by atoms with van der Waals surface area (Å²) >= 11 is 0. The smallest absolute Gasteiger partial charge is 0.0397 e. The molecule has 0 amide bonds. The summed E-state index contributed by atoms with van der Waals surface area (Å²) in [6, 6.07) is 14.9. The molecule has 2 aromatic rings. The van der Waals surface area contributed by atoms with Crippen LogP contribution in [0.3, 0.4) is 0 Å². The molecule has 1 atom stereocenters. The Morgan fingerprint density at radius 1 is 1.09 bits per heavy atom. The molecule has 1 saturated heterocycles. The molecule has 0 radical (unpaired) electrons. The standard InChI is InChI=1S/C20H27N3/c1-17(15-22-16-18-5-3-2-4-6-18)19-9-13-23(14-10-19)20-7-11-21-12-8-20/h2-8,11-12,17,19,22H,9-10,13-16H2,1H3. The highest BCUT2D eigenvalue weighted by molar-refractivity contribution is 5.44. The SMILES string of the molecule is CC(CNCc1ccccc1)C1CCN(c2ccncc2)CC1. The lowest BCUT2D eigenvalue weighted by atomic mass is 9.85. The van der Waals surface area contributed by atoms with Gasteiger partial charge in [0.25, 0.3) is 0 Å². The topological polar surface area (TPSA) is 28.2 Å². The third kappa shape index (κ3) is 4.55. The van der Waals surface area contributed by atoms with E-state index in [1.165, 1.54) is 24.1 Å². The van der Waals surface area contributed by atoms with Crippen molar-refractivity contribution < 1.29 is 0 Å². The molecule has 0 aliphatic carbocycles. The number of anilines is 1. The van der Waals surface area contributed by atoms with Crippen LogP contribution < -0.4 is 10.2 Å². The molecule has 3 rings (SSSR count). The van der Waals surface area contributed by atoms with E-state index >= 15 is 0 Å². The van der Waals surface area contributed by atoms with Crippen LogP contribution in [0.5, 0.6) is 0 Å². The first-order valence-corrected chi connectivity index (χ1v) is 8.72. The Morgan fingerprint density at radius 2 is 1.78 bits per heavy atom. The lowest BCUT2D eigenvalue weighted by Gasteiger charge is -2.36. The van der Waals surface area contributed by atoms with Gasteiger partial charge in [0.15, 0.2) is 0 Å². The zero-order chi connectivity index (χ0) is 15.9. The van der Waals surface area contributed by atoms with Crippen molar-refractivity contribution in [2.45, 2.75) is 26.3 Å². The Balaban J connectivity index is 1.41. The average molecular weight is 309 g/mol. The van der Waals surface area contributed by atoms with Crippen molar-refractivity contribution >= 4 is 5.69 Å². The number of piperidine rings is 1. The minimum Gasteiger partial charge on any atom is -0.371 e. The van der Waals surface area contributed by atoms with Crippen LogP contribution in [0.15, 0.2) is 54.9 Å². The second kappa shape index (κ2) is 8.11. The van der Waals surface area contributed by atoms with E-state index in [-0.39, 0.29) is 0 Å². The van der Waals surface area contributed by atoms with Gasteiger partial charge >= 0.3 is 0 Å². The van der Waals surface area contributed by atoms with Gasteiger partial charge in [-0.3, -0.25) is 4.98 Å². The zero-order valence-corrected chi connectivity index (χ0v) is 14.0. The summed E-state index contributed by atoms with van der Waals surface area (Å²) in [5.41, 5.74) is 2.68. The minimum atomic E-state index is 0.735. The molecule has 1 aromatic carbocycles. The van der Waals surface area contributed by atoms with E-state index in [2.05, 4.69) is 64.6 Å². The Hall–Kier alpha value is -1.87. The first-order valence-electron chi connectivity index (χ1n) is 8.72. The van der Waals surface area contributed by atoms with Crippen molar-refractivity contribution in [3.05, 3.63) is 60.4 Å². The van der Waals surface area contributed by atoms with Gasteiger partial charge in [-0.2, -0.15) is 0 Å². The summed E-state index contributed by atoms with van der Waals surface area (Å²) in [5.74, 6) is 1.56. The fourth-order valence-corrected chi connectivity index (χ4v) is 3.49. The monoisotopic (exact) mass is 309 g/mol. The first-order chi connectivity index (χ1) is 11.3. The molecule has 1 aliphatic heterocycles. The number of benzene rings is 1. The molecule has 122 valence electrons. The molecule has 3 nitrogen and oxygen atoms in total. The molecule has 1 aromatic heterocycles. The third-order valence-electron chi connectivity index (χ3n) is 5.01. The molecular weight excluding hydrogens is 282 g/mol. The second-order valence-electron chi connectivity index (χ2n) is 6.62. The lowest BCUT2D eigenvalue weighted by molar-refractivity contribution is 0.283. The van der Waals surface area contributed by atoms with Gasteiger partial charge < -0.3 is 10.2 Å². The van der Waals surface area contributed by atoms with Crippen molar-refractivity contribution in [2.24, 2.45) is 11.8 Å². The van der Waals surface area contributed by atoms with E-state index < -0.39 is 0 Å². The largest absolute Gasteiger partial charge is 0.371 e. The van der Waals surface area contributed by atoms with E-state index in [1.807, 2.05) is 12.4 Å². The number of hydrogen-bond acceptors (Lipinski definition) is 3. The summed E-state index contributed by atoms with van der Waals surface area (Å²) in [6.45, 7) is 6.80. The average Bonchev–Trinajstić information content (AvgIpc) is 2.63. The molecule has 0 bridgehead atoms. The Bertz CT molecular complexity index is 562. The van der Waals surface area contributed by atoms with Gasteiger partial charge in [-0.05, 0) is 48.9 Å². The van der Waals surface area contributed by atoms with E-state index in [9.17, 15) is 0 Å². The molecule has 3 heteroatoms. The van der Waals surface area contributed by atoms with Crippen LogP contribution in [0.1, 0.15) is 25.3 Å². The van der Waals surface area contributed by atoms with E-state index in [4.69, 9.17) is 0 Å². The van der Waals surface area contributed by atoms with Gasteiger partial charge in [0.1, 0.15) is 0 Å². The van der Waals surface area contributed by atoms with Gasteiger partial charge in [-0.25, -0.2) is 0 Å². The van der Waals surface area contributed by atoms with Crippen LogP contribution >= 0.6 is 0 Å². The molecule has 1 fully saturated rings. The number of pyridine rings is 1. The van der Waals surface area contributed by atoms with Crippen LogP contribution in [0, 0.1) is 11.8 Å². The molecule has 1 unspecified atom stereocenters. The Labute approximate surface area is 139 Å². The second-order valence-corrected chi connectivity index (χ2v) is 6.62. The molecule has 1 aliphatic rings. The van der Waals surface area contributed by atoms with Crippen LogP contribution in [-0.2, 0) is 6.54 Å². The number of hydrogen-bond donors (Lipinski definition) is 1. The van der Waals surface area contributed by atoms with Crippen LogP contribution in [0.25, 0.3) is 0 Å². The summed E-state index contributed by atoms with van der Waals surface area (Å²) in [6.07, 6.45) is 6.35. The number of aromatic nitrogens is 1. The van der Waals surface area contributed by atoms with Gasteiger partial charge in [0, 0.05) is 37.7 Å². The van der Waals surface area contributed by atoms with Gasteiger partial charge in [-0.15, -0.1) is 0 Å². The maximum absolute atomic E-state index is 4.11. The fraction of sp³-hybridized carbons (Fsp3) is 0.450. The summed E-state index contributed by atoms with van der Waals surface area (Å²) in [5, 5.41) is 3.62. The fourth-order valence-electron chi connectivity index (χ4n) is 3.49. The maximum Gasteiger partial charge on any atom is 0.0397 e. The zero-order valence-electron chi connectivity index (χ0n) is 14.0. The van der Waals surface area contributed by atoms with Crippen LogP contribution in [0.2, 0.25) is 0 Å².